The van der Waals surface area contributed by atoms with Gasteiger partial charge < -0.3 is 9.84 Å². The van der Waals surface area contributed by atoms with Crippen LogP contribution in [0.1, 0.15) is 37.2 Å². The maximum Gasteiger partial charge on any atom is 0.311 e. The molecule has 3 rings (SSSR count). The highest BCUT2D eigenvalue weighted by molar-refractivity contribution is 5.76. The Balaban J connectivity index is 1.85. The van der Waals surface area contributed by atoms with Crippen LogP contribution in [0.3, 0.4) is 0 Å². The van der Waals surface area contributed by atoms with Gasteiger partial charge in [0.1, 0.15) is 0 Å². The molecule has 1 aliphatic heterocycles. The molecule has 2 fully saturated rings. The molecule has 3 atom stereocenters. The first-order chi connectivity index (χ1) is 10.8. The summed E-state index contributed by atoms with van der Waals surface area (Å²) in [5, 5.41) is 9.85. The molecule has 22 heavy (non-hydrogen) atoms. The first kappa shape index (κ1) is 15.5. The molecule has 1 saturated heterocycles. The first-order valence-electron chi connectivity index (χ1n) is 8.37. The van der Waals surface area contributed by atoms with Gasteiger partial charge in [-0.15, -0.1) is 0 Å². The number of hydrogen-bond acceptors (Lipinski definition) is 3. The molecule has 4 heteroatoms. The van der Waals surface area contributed by atoms with Crippen LogP contribution in [0, 0.1) is 5.92 Å². The van der Waals surface area contributed by atoms with E-state index >= 15 is 0 Å². The van der Waals surface area contributed by atoms with E-state index in [1.54, 1.807) is 0 Å². The van der Waals surface area contributed by atoms with E-state index in [2.05, 4.69) is 4.90 Å². The molecule has 0 amide bonds. The molecule has 2 aliphatic rings. The number of nitrogens with zero attached hydrogens (tertiary/aromatic N) is 1. The van der Waals surface area contributed by atoms with Gasteiger partial charge in [0, 0.05) is 19.1 Å². The Kier molecular flexibility index (Phi) is 5.11. The number of morpholine rings is 1. The Bertz CT molecular complexity index is 484. The molecule has 1 aromatic rings. The number of aliphatic carboxylic acids is 1. The molecule has 0 spiro atoms. The van der Waals surface area contributed by atoms with Gasteiger partial charge in [0.15, 0.2) is 0 Å². The van der Waals surface area contributed by atoms with E-state index in [0.29, 0.717) is 6.04 Å². The number of carboxylic acids is 1. The summed E-state index contributed by atoms with van der Waals surface area (Å²) < 4.78 is 5.46. The largest absolute Gasteiger partial charge is 0.481 e. The van der Waals surface area contributed by atoms with Crippen molar-refractivity contribution in [3.63, 3.8) is 0 Å². The Labute approximate surface area is 132 Å². The highest BCUT2D eigenvalue weighted by Crippen LogP contribution is 2.39. The Hall–Kier alpha value is -1.39. The van der Waals surface area contributed by atoms with E-state index in [0.717, 1.165) is 51.1 Å². The van der Waals surface area contributed by atoms with Crippen molar-refractivity contribution in [2.24, 2.45) is 5.92 Å². The molecule has 0 radical (unpaired) electrons. The van der Waals surface area contributed by atoms with E-state index in [4.69, 9.17) is 4.74 Å². The van der Waals surface area contributed by atoms with Crippen LogP contribution in [-0.2, 0) is 9.53 Å². The summed E-state index contributed by atoms with van der Waals surface area (Å²) >= 11 is 0. The van der Waals surface area contributed by atoms with Crippen molar-refractivity contribution in [3.8, 4) is 0 Å². The number of carboxylic acid groups (broad SMARTS) is 1. The lowest BCUT2D eigenvalue weighted by Crippen LogP contribution is -2.50. The van der Waals surface area contributed by atoms with Gasteiger partial charge in [-0.25, -0.2) is 0 Å². The molecular weight excluding hydrogens is 278 g/mol. The fraction of sp³-hybridized carbons (Fsp3) is 0.611. The number of ether oxygens (including phenoxy) is 1. The highest BCUT2D eigenvalue weighted by atomic mass is 16.5. The fourth-order valence-corrected chi connectivity index (χ4v) is 4.12. The molecular formula is C18H25NO3. The van der Waals surface area contributed by atoms with Crippen molar-refractivity contribution in [3.05, 3.63) is 35.9 Å². The summed E-state index contributed by atoms with van der Waals surface area (Å²) in [4.78, 5) is 14.4. The van der Waals surface area contributed by atoms with Gasteiger partial charge in [0.05, 0.1) is 19.1 Å². The highest BCUT2D eigenvalue weighted by Gasteiger charge is 2.39. The maximum atomic E-state index is 12.0. The summed E-state index contributed by atoms with van der Waals surface area (Å²) in [6, 6.07) is 10.1. The quantitative estimate of drug-likeness (QED) is 0.929. The lowest BCUT2D eigenvalue weighted by Gasteiger charge is -2.43. The zero-order chi connectivity index (χ0) is 15.4. The van der Waals surface area contributed by atoms with Crippen LogP contribution in [0.2, 0.25) is 0 Å². The minimum Gasteiger partial charge on any atom is -0.481 e. The zero-order valence-corrected chi connectivity index (χ0v) is 13.0. The third-order valence-corrected chi connectivity index (χ3v) is 5.15. The predicted molar refractivity (Wildman–Crippen MR) is 85.0 cm³/mol. The van der Waals surface area contributed by atoms with Crippen molar-refractivity contribution in [1.29, 1.82) is 0 Å². The molecule has 0 bridgehead atoms. The zero-order valence-electron chi connectivity index (χ0n) is 13.0. The third kappa shape index (κ3) is 3.33. The number of rotatable bonds is 4. The number of benzene rings is 1. The molecule has 1 N–H and O–H groups in total. The van der Waals surface area contributed by atoms with Gasteiger partial charge in [0.2, 0.25) is 0 Å². The van der Waals surface area contributed by atoms with Crippen molar-refractivity contribution in [2.75, 3.05) is 26.3 Å². The summed E-state index contributed by atoms with van der Waals surface area (Å²) in [5.41, 5.74) is 0.945. The third-order valence-electron chi connectivity index (χ3n) is 5.15. The normalized spacial score (nSPS) is 28.2. The van der Waals surface area contributed by atoms with Crippen molar-refractivity contribution in [2.45, 2.75) is 37.6 Å². The lowest BCUT2D eigenvalue weighted by molar-refractivity contribution is -0.141. The maximum absolute atomic E-state index is 12.0. The van der Waals surface area contributed by atoms with Gasteiger partial charge >= 0.3 is 5.97 Å². The summed E-state index contributed by atoms with van der Waals surface area (Å²) in [7, 11) is 0. The van der Waals surface area contributed by atoms with Crippen LogP contribution >= 0.6 is 0 Å². The van der Waals surface area contributed by atoms with E-state index in [1.165, 1.54) is 6.42 Å². The summed E-state index contributed by atoms with van der Waals surface area (Å²) in [5.74, 6) is -0.877. The smallest absolute Gasteiger partial charge is 0.311 e. The second-order valence-electron chi connectivity index (χ2n) is 6.39. The van der Waals surface area contributed by atoms with Gasteiger partial charge in [0.25, 0.3) is 0 Å². The summed E-state index contributed by atoms with van der Waals surface area (Å²) in [6.07, 6.45) is 4.47. The molecule has 120 valence electrons. The Morgan fingerprint density at radius 1 is 1.14 bits per heavy atom. The van der Waals surface area contributed by atoms with Crippen LogP contribution in [0.25, 0.3) is 0 Å². The second-order valence-corrected chi connectivity index (χ2v) is 6.39. The molecule has 0 aromatic heterocycles. The van der Waals surface area contributed by atoms with Crippen LogP contribution in [0.5, 0.6) is 0 Å². The van der Waals surface area contributed by atoms with Crippen LogP contribution < -0.4 is 0 Å². The van der Waals surface area contributed by atoms with Crippen molar-refractivity contribution < 1.29 is 14.6 Å². The molecule has 4 nitrogen and oxygen atoms in total. The van der Waals surface area contributed by atoms with Crippen molar-refractivity contribution in [1.82, 2.24) is 4.90 Å². The average molecular weight is 303 g/mol. The molecule has 1 aliphatic carbocycles. The summed E-state index contributed by atoms with van der Waals surface area (Å²) in [6.45, 7) is 3.41. The molecule has 1 heterocycles. The Morgan fingerprint density at radius 3 is 2.50 bits per heavy atom. The van der Waals surface area contributed by atoms with Crippen LogP contribution in [0.4, 0.5) is 0 Å². The second kappa shape index (κ2) is 7.25. The molecule has 1 aromatic carbocycles. The predicted octanol–water partition coefficient (Wildman–Crippen LogP) is 2.75. The van der Waals surface area contributed by atoms with Gasteiger partial charge in [-0.1, -0.05) is 43.2 Å². The molecule has 1 saturated carbocycles. The van der Waals surface area contributed by atoms with E-state index in [9.17, 15) is 9.90 Å². The molecule has 1 unspecified atom stereocenters. The Morgan fingerprint density at radius 2 is 1.82 bits per heavy atom. The number of hydrogen-bond donors (Lipinski definition) is 1. The van der Waals surface area contributed by atoms with Crippen LogP contribution in [0.15, 0.2) is 30.3 Å². The average Bonchev–Trinajstić information content (AvgIpc) is 2.57. The van der Waals surface area contributed by atoms with Crippen molar-refractivity contribution >= 4 is 5.97 Å². The standard InChI is InChI=1S/C18H25NO3/c20-18(21)17(14-6-2-1-3-7-14)15-8-4-5-9-16(15)19-10-12-22-13-11-19/h1-3,6-7,15-17H,4-5,8-13H2,(H,20,21)/t15-,16-,17?/m1/s1. The van der Waals surface area contributed by atoms with E-state index < -0.39 is 11.9 Å². The fourth-order valence-electron chi connectivity index (χ4n) is 4.12. The SMILES string of the molecule is O=C(O)C(c1ccccc1)[C@@H]1CCCC[C@H]1N1CCOCC1. The number of carbonyl (C=O) groups is 1. The van der Waals surface area contributed by atoms with Crippen LogP contribution in [-0.4, -0.2) is 48.3 Å². The first-order valence-corrected chi connectivity index (χ1v) is 8.37. The minimum absolute atomic E-state index is 0.201. The van der Waals surface area contributed by atoms with Gasteiger partial charge in [-0.3, -0.25) is 9.69 Å². The van der Waals surface area contributed by atoms with E-state index in [-0.39, 0.29) is 5.92 Å². The van der Waals surface area contributed by atoms with Gasteiger partial charge in [-0.2, -0.15) is 0 Å². The van der Waals surface area contributed by atoms with Gasteiger partial charge in [-0.05, 0) is 24.3 Å². The minimum atomic E-state index is -0.684. The van der Waals surface area contributed by atoms with E-state index in [1.807, 2.05) is 30.3 Å². The topological polar surface area (TPSA) is 49.8 Å². The monoisotopic (exact) mass is 303 g/mol. The lowest BCUT2D eigenvalue weighted by atomic mass is 9.73.